The average Bonchev–Trinajstić information content (AvgIpc) is 3.40. The molecule has 1 saturated carbocycles. The van der Waals surface area contributed by atoms with Gasteiger partial charge in [-0.1, -0.05) is 0 Å². The number of H-pyrrole nitrogens is 1. The van der Waals surface area contributed by atoms with Crippen molar-refractivity contribution in [1.29, 1.82) is 5.26 Å². The molecule has 3 aromatic rings. The maximum atomic E-state index is 12.9. The summed E-state index contributed by atoms with van der Waals surface area (Å²) in [5.74, 6) is 0.587. The van der Waals surface area contributed by atoms with Gasteiger partial charge in [0.2, 0.25) is 0 Å². The Morgan fingerprint density at radius 2 is 2.08 bits per heavy atom. The Kier molecular flexibility index (Phi) is 2.95. The van der Waals surface area contributed by atoms with Crippen LogP contribution >= 0.6 is 0 Å². The molecule has 2 aliphatic rings. The van der Waals surface area contributed by atoms with Crippen molar-refractivity contribution in [3.63, 3.8) is 0 Å². The molecule has 0 spiro atoms. The number of fused-ring (bicyclic) bond motifs is 2. The predicted molar refractivity (Wildman–Crippen MR) is 94.6 cm³/mol. The highest BCUT2D eigenvalue weighted by molar-refractivity contribution is 6.09. The first-order chi connectivity index (χ1) is 12.2. The molecule has 0 unspecified atom stereocenters. The lowest BCUT2D eigenvalue weighted by Gasteiger charge is -2.28. The van der Waals surface area contributed by atoms with Gasteiger partial charge in [0.15, 0.2) is 0 Å². The molecule has 1 fully saturated rings. The van der Waals surface area contributed by atoms with E-state index in [4.69, 9.17) is 5.26 Å². The minimum Gasteiger partial charge on any atom is -0.308 e. The number of aromatic amines is 1. The van der Waals surface area contributed by atoms with E-state index < -0.39 is 0 Å². The van der Waals surface area contributed by atoms with Crippen molar-refractivity contribution in [2.24, 2.45) is 0 Å². The SMILES string of the molecule is N#Cc1ccc2c(c1)CCN(c1ccc3n[nH]c(C4CC4)c3c1)C2=O. The van der Waals surface area contributed by atoms with E-state index in [9.17, 15) is 4.79 Å². The molecule has 2 heterocycles. The number of rotatable bonds is 2. The van der Waals surface area contributed by atoms with Crippen molar-refractivity contribution in [2.45, 2.75) is 25.2 Å². The smallest absolute Gasteiger partial charge is 0.258 e. The van der Waals surface area contributed by atoms with Gasteiger partial charge in [-0.05, 0) is 61.2 Å². The molecule has 122 valence electrons. The Balaban J connectivity index is 1.55. The molecule has 1 aliphatic carbocycles. The van der Waals surface area contributed by atoms with E-state index in [-0.39, 0.29) is 5.91 Å². The normalized spacial score (nSPS) is 16.8. The molecule has 1 aromatic heterocycles. The van der Waals surface area contributed by atoms with Gasteiger partial charge in [-0.15, -0.1) is 0 Å². The van der Waals surface area contributed by atoms with Gasteiger partial charge in [0.05, 0.1) is 17.1 Å². The second-order valence-corrected chi connectivity index (χ2v) is 6.80. The van der Waals surface area contributed by atoms with Gasteiger partial charge in [-0.2, -0.15) is 10.4 Å². The zero-order valence-corrected chi connectivity index (χ0v) is 13.6. The third-order valence-corrected chi connectivity index (χ3v) is 5.18. The monoisotopic (exact) mass is 328 g/mol. The predicted octanol–water partition coefficient (Wildman–Crippen LogP) is 3.51. The topological polar surface area (TPSA) is 72.8 Å². The lowest BCUT2D eigenvalue weighted by Crippen LogP contribution is -2.37. The highest BCUT2D eigenvalue weighted by Gasteiger charge is 2.29. The second kappa shape index (κ2) is 5.18. The highest BCUT2D eigenvalue weighted by Crippen LogP contribution is 2.42. The number of hydrogen-bond donors (Lipinski definition) is 1. The molecule has 5 rings (SSSR count). The minimum absolute atomic E-state index is 0.00144. The van der Waals surface area contributed by atoms with Gasteiger partial charge in [-0.3, -0.25) is 9.89 Å². The number of nitriles is 1. The fourth-order valence-corrected chi connectivity index (χ4v) is 3.67. The lowest BCUT2D eigenvalue weighted by atomic mass is 9.96. The average molecular weight is 328 g/mol. The number of nitrogens with one attached hydrogen (secondary N) is 1. The summed E-state index contributed by atoms with van der Waals surface area (Å²) in [6.45, 7) is 0.628. The van der Waals surface area contributed by atoms with Crippen LogP contribution in [0.15, 0.2) is 36.4 Å². The summed E-state index contributed by atoms with van der Waals surface area (Å²) in [5, 5.41) is 17.7. The zero-order valence-electron chi connectivity index (χ0n) is 13.6. The van der Waals surface area contributed by atoms with E-state index in [1.54, 1.807) is 12.1 Å². The molecule has 0 bridgehead atoms. The molecule has 5 nitrogen and oxygen atoms in total. The van der Waals surface area contributed by atoms with Crippen molar-refractivity contribution < 1.29 is 4.79 Å². The van der Waals surface area contributed by atoms with Crippen molar-refractivity contribution in [2.75, 3.05) is 11.4 Å². The number of carbonyl (C=O) groups excluding carboxylic acids is 1. The quantitative estimate of drug-likeness (QED) is 0.782. The van der Waals surface area contributed by atoms with E-state index in [1.807, 2.05) is 23.1 Å². The van der Waals surface area contributed by atoms with Crippen LogP contribution in [0.25, 0.3) is 10.9 Å². The van der Waals surface area contributed by atoms with Crippen molar-refractivity contribution in [3.05, 3.63) is 58.8 Å². The van der Waals surface area contributed by atoms with Crippen LogP contribution in [0, 0.1) is 11.3 Å². The van der Waals surface area contributed by atoms with Gasteiger partial charge in [-0.25, -0.2) is 0 Å². The molecule has 25 heavy (non-hydrogen) atoms. The Morgan fingerprint density at radius 3 is 2.88 bits per heavy atom. The summed E-state index contributed by atoms with van der Waals surface area (Å²) in [6.07, 6.45) is 3.17. The van der Waals surface area contributed by atoms with E-state index in [0.717, 1.165) is 28.6 Å². The van der Waals surface area contributed by atoms with Crippen LogP contribution in [0.2, 0.25) is 0 Å². The van der Waals surface area contributed by atoms with Gasteiger partial charge in [0, 0.05) is 34.8 Å². The van der Waals surface area contributed by atoms with Gasteiger partial charge in [0.25, 0.3) is 5.91 Å². The molecule has 1 aliphatic heterocycles. The summed E-state index contributed by atoms with van der Waals surface area (Å²) in [5.41, 5.74) is 5.32. The van der Waals surface area contributed by atoms with E-state index in [1.165, 1.54) is 18.5 Å². The third-order valence-electron chi connectivity index (χ3n) is 5.18. The first kappa shape index (κ1) is 14.2. The number of anilines is 1. The highest BCUT2D eigenvalue weighted by atomic mass is 16.2. The fraction of sp³-hybridized carbons (Fsp3) is 0.250. The van der Waals surface area contributed by atoms with Crippen LogP contribution in [-0.2, 0) is 6.42 Å². The van der Waals surface area contributed by atoms with Crippen LogP contribution in [0.1, 0.15) is 45.9 Å². The van der Waals surface area contributed by atoms with E-state index in [0.29, 0.717) is 23.6 Å². The van der Waals surface area contributed by atoms with Crippen LogP contribution in [0.3, 0.4) is 0 Å². The molecule has 1 N–H and O–H groups in total. The number of hydrogen-bond acceptors (Lipinski definition) is 3. The first-order valence-electron chi connectivity index (χ1n) is 8.57. The summed E-state index contributed by atoms with van der Waals surface area (Å²) in [6, 6.07) is 13.5. The number of nitrogens with zero attached hydrogens (tertiary/aromatic N) is 3. The Hall–Kier alpha value is -3.13. The zero-order chi connectivity index (χ0) is 17.0. The number of benzene rings is 2. The van der Waals surface area contributed by atoms with Crippen LogP contribution in [-0.4, -0.2) is 22.6 Å². The third kappa shape index (κ3) is 2.22. The summed E-state index contributed by atoms with van der Waals surface area (Å²) in [7, 11) is 0. The van der Waals surface area contributed by atoms with Crippen molar-refractivity contribution in [1.82, 2.24) is 10.2 Å². The molecule has 2 aromatic carbocycles. The standard InChI is InChI=1S/C20H16N4O/c21-11-12-1-5-16-14(9-12)7-8-24(20(16)25)15-4-6-18-17(10-15)19(23-22-18)13-2-3-13/h1,4-6,9-10,13H,2-3,7-8H2,(H,22,23). The summed E-state index contributed by atoms with van der Waals surface area (Å²) < 4.78 is 0. The van der Waals surface area contributed by atoms with E-state index >= 15 is 0 Å². The number of amides is 1. The molecule has 0 saturated heterocycles. The van der Waals surface area contributed by atoms with Crippen LogP contribution in [0.5, 0.6) is 0 Å². The second-order valence-electron chi connectivity index (χ2n) is 6.80. The summed E-state index contributed by atoms with van der Waals surface area (Å²) >= 11 is 0. The summed E-state index contributed by atoms with van der Waals surface area (Å²) in [4.78, 5) is 14.8. The maximum absolute atomic E-state index is 12.9. The molecular weight excluding hydrogens is 312 g/mol. The van der Waals surface area contributed by atoms with Gasteiger partial charge >= 0.3 is 0 Å². The Bertz CT molecular complexity index is 1060. The Labute approximate surface area is 144 Å². The minimum atomic E-state index is 0.00144. The Morgan fingerprint density at radius 1 is 1.20 bits per heavy atom. The van der Waals surface area contributed by atoms with Gasteiger partial charge in [0.1, 0.15) is 0 Å². The molecule has 0 radical (unpaired) electrons. The van der Waals surface area contributed by atoms with Crippen molar-refractivity contribution >= 4 is 22.5 Å². The molecule has 1 amide bonds. The van der Waals surface area contributed by atoms with Gasteiger partial charge < -0.3 is 4.90 Å². The fourth-order valence-electron chi connectivity index (χ4n) is 3.67. The van der Waals surface area contributed by atoms with Crippen LogP contribution in [0.4, 0.5) is 5.69 Å². The largest absolute Gasteiger partial charge is 0.308 e. The van der Waals surface area contributed by atoms with E-state index in [2.05, 4.69) is 22.3 Å². The number of carbonyl (C=O) groups is 1. The maximum Gasteiger partial charge on any atom is 0.258 e. The number of aromatic nitrogens is 2. The molecule has 0 atom stereocenters. The lowest BCUT2D eigenvalue weighted by molar-refractivity contribution is 0.0980. The van der Waals surface area contributed by atoms with Crippen LogP contribution < -0.4 is 4.90 Å². The van der Waals surface area contributed by atoms with Crippen molar-refractivity contribution in [3.8, 4) is 6.07 Å². The molecule has 5 heteroatoms. The molecular formula is C20H16N4O. The first-order valence-corrected chi connectivity index (χ1v) is 8.57.